The van der Waals surface area contributed by atoms with Crippen molar-refractivity contribution in [3.8, 4) is 0 Å². The smallest absolute Gasteiger partial charge is 0.332 e. The molecule has 0 amide bonds. The van der Waals surface area contributed by atoms with E-state index in [1.807, 2.05) is 42.5 Å². The van der Waals surface area contributed by atoms with Crippen molar-refractivity contribution < 1.29 is 4.79 Å². The van der Waals surface area contributed by atoms with Gasteiger partial charge >= 0.3 is 5.69 Å². The summed E-state index contributed by atoms with van der Waals surface area (Å²) in [6, 6.07) is 14.0. The van der Waals surface area contributed by atoms with Gasteiger partial charge in [0.05, 0.1) is 5.56 Å². The molecule has 1 atom stereocenters. The molecule has 0 saturated heterocycles. The lowest BCUT2D eigenvalue weighted by Gasteiger charge is -2.39. The number of nitrogens with zero attached hydrogens (tertiary/aromatic N) is 2. The number of Topliss-reactive ketones (excluding diaryl/α,β-unsaturated/α-hetero) is 1. The first kappa shape index (κ1) is 19.5. The van der Waals surface area contributed by atoms with Crippen molar-refractivity contribution in [2.75, 3.05) is 5.32 Å². The summed E-state index contributed by atoms with van der Waals surface area (Å²) in [6.45, 7) is 4.14. The highest BCUT2D eigenvalue weighted by molar-refractivity contribution is 6.02. The molecule has 1 unspecified atom stereocenters. The van der Waals surface area contributed by atoms with Crippen molar-refractivity contribution >= 4 is 22.4 Å². The van der Waals surface area contributed by atoms with Gasteiger partial charge in [0.25, 0.3) is 5.56 Å². The van der Waals surface area contributed by atoms with Gasteiger partial charge in [-0.2, -0.15) is 0 Å². The van der Waals surface area contributed by atoms with Crippen molar-refractivity contribution in [1.82, 2.24) is 9.13 Å². The van der Waals surface area contributed by atoms with E-state index in [-0.39, 0.29) is 16.8 Å². The maximum absolute atomic E-state index is 13.4. The Labute approximate surface area is 179 Å². The van der Waals surface area contributed by atoms with Crippen LogP contribution >= 0.6 is 0 Å². The van der Waals surface area contributed by atoms with Crippen molar-refractivity contribution in [2.24, 2.45) is 19.5 Å². The standard InChI is InChI=1S/C25H25N3O3/c1-25(2)12-17-20(18(29)13-25)19(16-11-7-9-14-8-5-6-10-15(14)16)21-22(26-17)27(3)24(31)28(4)23(21)30/h5-11,19,26H,12-13H2,1-4H3. The van der Waals surface area contributed by atoms with E-state index in [2.05, 4.69) is 19.2 Å². The van der Waals surface area contributed by atoms with Gasteiger partial charge in [-0.25, -0.2) is 4.79 Å². The second-order valence-electron chi connectivity index (χ2n) is 9.43. The third-order valence-corrected chi connectivity index (χ3v) is 6.60. The van der Waals surface area contributed by atoms with Gasteiger partial charge in [0.1, 0.15) is 5.82 Å². The molecule has 0 spiro atoms. The predicted octanol–water partition coefficient (Wildman–Crippen LogP) is 3.44. The lowest BCUT2D eigenvalue weighted by molar-refractivity contribution is -0.118. The second-order valence-corrected chi connectivity index (χ2v) is 9.43. The molecule has 1 aliphatic heterocycles. The predicted molar refractivity (Wildman–Crippen MR) is 121 cm³/mol. The Morgan fingerprint density at radius 2 is 1.65 bits per heavy atom. The monoisotopic (exact) mass is 415 g/mol. The quantitative estimate of drug-likeness (QED) is 0.661. The second kappa shape index (κ2) is 6.54. The third-order valence-electron chi connectivity index (χ3n) is 6.60. The number of hydrogen-bond donors (Lipinski definition) is 1. The highest BCUT2D eigenvalue weighted by Gasteiger charge is 2.43. The molecular weight excluding hydrogens is 390 g/mol. The van der Waals surface area contributed by atoms with Crippen LogP contribution in [-0.4, -0.2) is 14.9 Å². The Hall–Kier alpha value is -3.41. The molecule has 31 heavy (non-hydrogen) atoms. The molecular formula is C25H25N3O3. The molecule has 6 nitrogen and oxygen atoms in total. The van der Waals surface area contributed by atoms with Gasteiger partial charge < -0.3 is 5.32 Å². The van der Waals surface area contributed by atoms with Crippen LogP contribution in [0.5, 0.6) is 0 Å². The minimum Gasteiger partial charge on any atom is -0.344 e. The van der Waals surface area contributed by atoms with Gasteiger partial charge in [0.15, 0.2) is 5.78 Å². The first-order valence-corrected chi connectivity index (χ1v) is 10.5. The molecule has 2 aliphatic rings. The number of benzene rings is 2. The zero-order valence-electron chi connectivity index (χ0n) is 18.2. The number of rotatable bonds is 1. The molecule has 1 aromatic heterocycles. The Kier molecular flexibility index (Phi) is 4.13. The topological polar surface area (TPSA) is 73.1 Å². The van der Waals surface area contributed by atoms with Crippen LogP contribution in [0.1, 0.15) is 43.7 Å². The normalized spacial score (nSPS) is 19.7. The van der Waals surface area contributed by atoms with Crippen molar-refractivity contribution in [1.29, 1.82) is 0 Å². The highest BCUT2D eigenvalue weighted by atomic mass is 16.2. The van der Waals surface area contributed by atoms with E-state index in [4.69, 9.17) is 0 Å². The van der Waals surface area contributed by atoms with Crippen LogP contribution in [0.3, 0.4) is 0 Å². The Bertz CT molecular complexity index is 1420. The first-order valence-electron chi connectivity index (χ1n) is 10.5. The molecule has 5 rings (SSSR count). The van der Waals surface area contributed by atoms with Crippen LogP contribution in [0.4, 0.5) is 5.82 Å². The number of carbonyl (C=O) groups excluding carboxylic acids is 1. The maximum atomic E-state index is 13.4. The van der Waals surface area contributed by atoms with Crippen molar-refractivity contribution in [3.63, 3.8) is 0 Å². The molecule has 0 fully saturated rings. The summed E-state index contributed by atoms with van der Waals surface area (Å²) in [4.78, 5) is 39.5. The van der Waals surface area contributed by atoms with Crippen LogP contribution in [0.25, 0.3) is 10.8 Å². The SMILES string of the molecule is Cn1c2c(c(=O)n(C)c1=O)C(c1cccc3ccccc13)C1=C(CC(C)(C)CC1=O)N2. The first-order chi connectivity index (χ1) is 14.7. The maximum Gasteiger partial charge on any atom is 0.332 e. The zero-order chi connectivity index (χ0) is 22.1. The Morgan fingerprint density at radius 3 is 2.42 bits per heavy atom. The molecule has 0 bridgehead atoms. The molecule has 3 aromatic rings. The molecule has 2 aromatic carbocycles. The minimum absolute atomic E-state index is 0.0539. The fourth-order valence-corrected chi connectivity index (χ4v) is 5.16. The van der Waals surface area contributed by atoms with E-state index in [1.165, 1.54) is 11.6 Å². The molecule has 6 heteroatoms. The summed E-state index contributed by atoms with van der Waals surface area (Å²) >= 11 is 0. The molecule has 158 valence electrons. The van der Waals surface area contributed by atoms with E-state index >= 15 is 0 Å². The number of allylic oxidation sites excluding steroid dienone is 2. The molecule has 2 heterocycles. The van der Waals surface area contributed by atoms with Crippen molar-refractivity contribution in [3.05, 3.63) is 85.7 Å². The largest absolute Gasteiger partial charge is 0.344 e. The Morgan fingerprint density at radius 1 is 0.935 bits per heavy atom. The average molecular weight is 415 g/mol. The Balaban J connectivity index is 1.91. The lowest BCUT2D eigenvalue weighted by atomic mass is 9.69. The highest BCUT2D eigenvalue weighted by Crippen LogP contribution is 2.48. The summed E-state index contributed by atoms with van der Waals surface area (Å²) in [7, 11) is 3.15. The van der Waals surface area contributed by atoms with E-state index < -0.39 is 11.6 Å². The summed E-state index contributed by atoms with van der Waals surface area (Å²) < 4.78 is 2.60. The zero-order valence-corrected chi connectivity index (χ0v) is 18.2. The van der Waals surface area contributed by atoms with Gasteiger partial charge in [0.2, 0.25) is 0 Å². The third kappa shape index (κ3) is 2.81. The van der Waals surface area contributed by atoms with Gasteiger partial charge in [-0.15, -0.1) is 0 Å². The number of hydrogen-bond acceptors (Lipinski definition) is 4. The number of nitrogens with one attached hydrogen (secondary N) is 1. The van der Waals surface area contributed by atoms with E-state index in [9.17, 15) is 14.4 Å². The fraction of sp³-hybridized carbons (Fsp3) is 0.320. The average Bonchev–Trinajstić information content (AvgIpc) is 2.73. The van der Waals surface area contributed by atoms with Gasteiger partial charge in [-0.3, -0.25) is 18.7 Å². The molecule has 0 radical (unpaired) electrons. The number of fused-ring (bicyclic) bond motifs is 2. The summed E-state index contributed by atoms with van der Waals surface area (Å²) in [6.07, 6.45) is 1.11. The fourth-order valence-electron chi connectivity index (χ4n) is 5.16. The number of carbonyl (C=O) groups is 1. The van der Waals surface area contributed by atoms with E-state index in [0.717, 1.165) is 26.6 Å². The van der Waals surface area contributed by atoms with Gasteiger partial charge in [0, 0.05) is 37.7 Å². The van der Waals surface area contributed by atoms with Crippen LogP contribution < -0.4 is 16.6 Å². The summed E-state index contributed by atoms with van der Waals surface area (Å²) in [5.74, 6) is 0.0139. The van der Waals surface area contributed by atoms with Crippen molar-refractivity contribution in [2.45, 2.75) is 32.6 Å². The number of anilines is 1. The molecule has 1 N–H and O–H groups in total. The summed E-state index contributed by atoms with van der Waals surface area (Å²) in [5, 5.41) is 5.37. The van der Waals surface area contributed by atoms with Crippen LogP contribution in [0, 0.1) is 5.41 Å². The van der Waals surface area contributed by atoms with Crippen LogP contribution in [0.15, 0.2) is 63.3 Å². The van der Waals surface area contributed by atoms with Crippen LogP contribution in [-0.2, 0) is 18.9 Å². The van der Waals surface area contributed by atoms with E-state index in [1.54, 1.807) is 7.05 Å². The van der Waals surface area contributed by atoms with Gasteiger partial charge in [-0.05, 0) is 28.2 Å². The molecule has 1 aliphatic carbocycles. The lowest BCUT2D eigenvalue weighted by Crippen LogP contribution is -2.45. The minimum atomic E-state index is -0.522. The number of aromatic nitrogens is 2. The van der Waals surface area contributed by atoms with E-state index in [0.29, 0.717) is 29.8 Å². The molecule has 0 saturated carbocycles. The van der Waals surface area contributed by atoms with Gasteiger partial charge in [-0.1, -0.05) is 56.3 Å². The number of ketones is 1. The van der Waals surface area contributed by atoms with Crippen LogP contribution in [0.2, 0.25) is 0 Å². The summed E-state index contributed by atoms with van der Waals surface area (Å²) in [5.41, 5.74) is 1.88.